The Kier molecular flexibility index (Phi) is 3.07. The fourth-order valence-electron chi connectivity index (χ4n) is 2.93. The molecule has 4 rings (SSSR count). The van der Waals surface area contributed by atoms with Gasteiger partial charge in [0.15, 0.2) is 5.78 Å². The number of ketones is 1. The summed E-state index contributed by atoms with van der Waals surface area (Å²) in [5, 5.41) is 1.02. The number of fused-ring (bicyclic) bond motifs is 1. The van der Waals surface area contributed by atoms with Gasteiger partial charge in [-0.2, -0.15) is 0 Å². The zero-order valence-electron chi connectivity index (χ0n) is 12.1. The average Bonchev–Trinajstić information content (AvgIpc) is 3.32. The molecule has 3 aromatic rings. The summed E-state index contributed by atoms with van der Waals surface area (Å²) in [5.41, 5.74) is 2.89. The first-order valence-electron chi connectivity index (χ1n) is 7.59. The van der Waals surface area contributed by atoms with E-state index >= 15 is 0 Å². The third kappa shape index (κ3) is 2.33. The third-order valence-corrected chi connectivity index (χ3v) is 4.27. The quantitative estimate of drug-likeness (QED) is 0.653. The molecule has 0 N–H and O–H groups in total. The van der Waals surface area contributed by atoms with Gasteiger partial charge in [0.2, 0.25) is 0 Å². The van der Waals surface area contributed by atoms with Crippen LogP contribution in [0.1, 0.15) is 28.8 Å². The van der Waals surface area contributed by atoms with Crippen LogP contribution in [0.4, 0.5) is 4.39 Å². The molecule has 0 spiro atoms. The smallest absolute Gasteiger partial charge is 0.168 e. The Morgan fingerprint density at radius 3 is 2.55 bits per heavy atom. The van der Waals surface area contributed by atoms with Crippen LogP contribution in [-0.4, -0.2) is 10.4 Å². The summed E-state index contributed by atoms with van der Waals surface area (Å²) in [6, 6.07) is 14.5. The van der Waals surface area contributed by atoms with E-state index in [1.165, 1.54) is 12.1 Å². The molecule has 1 aliphatic carbocycles. The van der Waals surface area contributed by atoms with Gasteiger partial charge in [0.05, 0.1) is 0 Å². The Balaban J connectivity index is 1.77. The number of aromatic nitrogens is 1. The number of benzene rings is 2. The Bertz CT molecular complexity index is 844. The molecule has 0 atom stereocenters. The summed E-state index contributed by atoms with van der Waals surface area (Å²) in [6.07, 6.45) is 3.97. The molecule has 0 bridgehead atoms. The Labute approximate surface area is 128 Å². The average molecular weight is 293 g/mol. The first kappa shape index (κ1) is 13.3. The van der Waals surface area contributed by atoms with Gasteiger partial charge in [-0.1, -0.05) is 30.3 Å². The van der Waals surface area contributed by atoms with E-state index in [-0.39, 0.29) is 17.5 Å². The Morgan fingerprint density at radius 1 is 1.09 bits per heavy atom. The third-order valence-electron chi connectivity index (χ3n) is 4.27. The molecular weight excluding hydrogens is 277 g/mol. The van der Waals surface area contributed by atoms with Crippen molar-refractivity contribution in [2.45, 2.75) is 19.4 Å². The number of rotatable bonds is 4. The van der Waals surface area contributed by atoms with Crippen molar-refractivity contribution in [2.24, 2.45) is 5.92 Å². The molecule has 1 aliphatic rings. The van der Waals surface area contributed by atoms with Crippen LogP contribution in [0.5, 0.6) is 0 Å². The summed E-state index contributed by atoms with van der Waals surface area (Å²) >= 11 is 0. The van der Waals surface area contributed by atoms with Crippen molar-refractivity contribution in [3.05, 3.63) is 71.7 Å². The molecule has 0 saturated heterocycles. The molecule has 0 unspecified atom stereocenters. The van der Waals surface area contributed by atoms with Gasteiger partial charge < -0.3 is 4.57 Å². The van der Waals surface area contributed by atoms with E-state index in [0.717, 1.165) is 34.9 Å². The lowest BCUT2D eigenvalue weighted by atomic mass is 10.1. The van der Waals surface area contributed by atoms with E-state index in [2.05, 4.69) is 4.57 Å². The minimum absolute atomic E-state index is 0.213. The van der Waals surface area contributed by atoms with Gasteiger partial charge in [-0.05, 0) is 36.6 Å². The standard InChI is InChI=1S/C19H16FNO/c20-15-9-5-13(6-10-15)11-21-12-17(19(22)14-7-8-14)16-3-1-2-4-18(16)21/h1-6,9-10,12,14H,7-8,11H2. The van der Waals surface area contributed by atoms with Gasteiger partial charge >= 0.3 is 0 Å². The second-order valence-electron chi connectivity index (χ2n) is 5.95. The van der Waals surface area contributed by atoms with Crippen LogP contribution < -0.4 is 0 Å². The van der Waals surface area contributed by atoms with Crippen molar-refractivity contribution in [1.29, 1.82) is 0 Å². The molecular formula is C19H16FNO. The number of para-hydroxylation sites is 1. The number of hydrogen-bond acceptors (Lipinski definition) is 1. The lowest BCUT2D eigenvalue weighted by Crippen LogP contribution is -2.01. The highest BCUT2D eigenvalue weighted by atomic mass is 19.1. The number of carbonyl (C=O) groups is 1. The van der Waals surface area contributed by atoms with Crippen molar-refractivity contribution in [3.8, 4) is 0 Å². The van der Waals surface area contributed by atoms with Crippen molar-refractivity contribution < 1.29 is 9.18 Å². The fraction of sp³-hybridized carbons (Fsp3) is 0.211. The summed E-state index contributed by atoms with van der Waals surface area (Å²) in [7, 11) is 0. The molecule has 2 nitrogen and oxygen atoms in total. The van der Waals surface area contributed by atoms with Gasteiger partial charge in [0.1, 0.15) is 5.82 Å². The maximum Gasteiger partial charge on any atom is 0.168 e. The molecule has 0 radical (unpaired) electrons. The molecule has 110 valence electrons. The van der Waals surface area contributed by atoms with Gasteiger partial charge in [-0.25, -0.2) is 4.39 Å². The highest BCUT2D eigenvalue weighted by Crippen LogP contribution is 2.35. The van der Waals surface area contributed by atoms with Crippen molar-refractivity contribution in [2.75, 3.05) is 0 Å². The zero-order valence-corrected chi connectivity index (χ0v) is 12.1. The number of nitrogens with zero attached hydrogens (tertiary/aromatic N) is 1. The van der Waals surface area contributed by atoms with Gasteiger partial charge in [0, 0.05) is 35.1 Å². The molecule has 0 aliphatic heterocycles. The van der Waals surface area contributed by atoms with E-state index in [1.807, 2.05) is 30.5 Å². The summed E-state index contributed by atoms with van der Waals surface area (Å²) in [4.78, 5) is 12.5. The predicted octanol–water partition coefficient (Wildman–Crippen LogP) is 4.42. The van der Waals surface area contributed by atoms with Crippen molar-refractivity contribution >= 4 is 16.7 Å². The van der Waals surface area contributed by atoms with E-state index in [0.29, 0.717) is 6.54 Å². The topological polar surface area (TPSA) is 22.0 Å². The van der Waals surface area contributed by atoms with Gasteiger partial charge in [-0.3, -0.25) is 4.79 Å². The second-order valence-corrected chi connectivity index (χ2v) is 5.95. The van der Waals surface area contributed by atoms with Crippen LogP contribution in [0.3, 0.4) is 0 Å². The van der Waals surface area contributed by atoms with E-state index < -0.39 is 0 Å². The van der Waals surface area contributed by atoms with Crippen LogP contribution in [0.15, 0.2) is 54.7 Å². The highest BCUT2D eigenvalue weighted by molar-refractivity contribution is 6.09. The van der Waals surface area contributed by atoms with Gasteiger partial charge in [-0.15, -0.1) is 0 Å². The van der Waals surface area contributed by atoms with Crippen molar-refractivity contribution in [3.63, 3.8) is 0 Å². The fourth-order valence-corrected chi connectivity index (χ4v) is 2.93. The summed E-state index contributed by atoms with van der Waals surface area (Å²) < 4.78 is 15.1. The van der Waals surface area contributed by atoms with E-state index in [9.17, 15) is 9.18 Å². The number of halogens is 1. The minimum atomic E-state index is -0.231. The predicted molar refractivity (Wildman–Crippen MR) is 84.5 cm³/mol. The zero-order chi connectivity index (χ0) is 15.1. The Hall–Kier alpha value is -2.42. The van der Waals surface area contributed by atoms with Crippen LogP contribution in [0.2, 0.25) is 0 Å². The lowest BCUT2D eigenvalue weighted by molar-refractivity contribution is 0.0969. The van der Waals surface area contributed by atoms with E-state index in [1.54, 1.807) is 12.1 Å². The Morgan fingerprint density at radius 2 is 1.82 bits per heavy atom. The SMILES string of the molecule is O=C(c1cn(Cc2ccc(F)cc2)c2ccccc12)C1CC1. The summed E-state index contributed by atoms with van der Waals surface area (Å²) in [6.45, 7) is 0.638. The number of hydrogen-bond donors (Lipinski definition) is 0. The van der Waals surface area contributed by atoms with Crippen LogP contribution in [-0.2, 0) is 6.54 Å². The molecule has 22 heavy (non-hydrogen) atoms. The van der Waals surface area contributed by atoms with Gasteiger partial charge in [0.25, 0.3) is 0 Å². The molecule has 2 aromatic carbocycles. The number of carbonyl (C=O) groups excluding carboxylic acids is 1. The summed E-state index contributed by atoms with van der Waals surface area (Å²) in [5.74, 6) is 0.241. The highest BCUT2D eigenvalue weighted by Gasteiger charge is 2.32. The minimum Gasteiger partial charge on any atom is -0.342 e. The molecule has 1 saturated carbocycles. The molecule has 1 heterocycles. The maximum atomic E-state index is 13.0. The maximum absolute atomic E-state index is 13.0. The molecule has 1 fully saturated rings. The first-order valence-corrected chi connectivity index (χ1v) is 7.59. The van der Waals surface area contributed by atoms with Crippen LogP contribution >= 0.6 is 0 Å². The van der Waals surface area contributed by atoms with Crippen molar-refractivity contribution in [1.82, 2.24) is 4.57 Å². The lowest BCUT2D eigenvalue weighted by Gasteiger charge is -2.05. The molecule has 3 heteroatoms. The number of Topliss-reactive ketones (excluding diaryl/α,β-unsaturated/α-hetero) is 1. The molecule has 0 amide bonds. The first-order chi connectivity index (χ1) is 10.7. The van der Waals surface area contributed by atoms with Crippen LogP contribution in [0, 0.1) is 11.7 Å². The molecule has 1 aromatic heterocycles. The normalized spacial score (nSPS) is 14.4. The second kappa shape index (κ2) is 5.09. The largest absolute Gasteiger partial charge is 0.342 e. The van der Waals surface area contributed by atoms with Crippen LogP contribution in [0.25, 0.3) is 10.9 Å². The monoisotopic (exact) mass is 293 g/mol. The van der Waals surface area contributed by atoms with E-state index in [4.69, 9.17) is 0 Å².